The fraction of sp³-hybridized carbons (Fsp3) is 0.444. The highest BCUT2D eigenvalue weighted by molar-refractivity contribution is 5.97. The first-order valence-electron chi connectivity index (χ1n) is 4.82. The van der Waals surface area contributed by atoms with E-state index >= 15 is 0 Å². The van der Waals surface area contributed by atoms with Crippen molar-refractivity contribution >= 4 is 17.6 Å². The van der Waals surface area contributed by atoms with Gasteiger partial charge in [-0.2, -0.15) is 5.10 Å². The minimum Gasteiger partial charge on any atom is -0.468 e. The molecular weight excluding hydrogens is 231 g/mol. The minimum absolute atomic E-state index is 0.0338. The van der Waals surface area contributed by atoms with Crippen LogP contribution in [0.15, 0.2) is 6.20 Å². The number of hydrogen-bond donors (Lipinski definition) is 2. The van der Waals surface area contributed by atoms with Gasteiger partial charge in [0.25, 0.3) is 5.91 Å². The lowest BCUT2D eigenvalue weighted by molar-refractivity contribution is -0.138. The zero-order valence-electron chi connectivity index (χ0n) is 9.27. The summed E-state index contributed by atoms with van der Waals surface area (Å²) in [6.07, 6.45) is 1.30. The van der Waals surface area contributed by atoms with Gasteiger partial charge in [0.1, 0.15) is 18.9 Å². The van der Waals surface area contributed by atoms with Gasteiger partial charge in [-0.15, -0.1) is 0 Å². The van der Waals surface area contributed by atoms with Crippen LogP contribution >= 0.6 is 0 Å². The normalized spacial score (nSPS) is 10.0. The number of aryl methyl sites for hydroxylation is 1. The molecule has 1 aromatic rings. The van der Waals surface area contributed by atoms with Crippen molar-refractivity contribution in [3.8, 4) is 0 Å². The molecule has 0 aliphatic carbocycles. The maximum Gasteiger partial charge on any atom is 0.325 e. The van der Waals surface area contributed by atoms with Crippen LogP contribution in [0.25, 0.3) is 0 Å². The van der Waals surface area contributed by atoms with Crippen molar-refractivity contribution in [3.05, 3.63) is 11.9 Å². The molecule has 94 valence electrons. The highest BCUT2D eigenvalue weighted by Crippen LogP contribution is 2.14. The third-order valence-corrected chi connectivity index (χ3v) is 2.02. The molecule has 0 aliphatic heterocycles. The Hall–Kier alpha value is -2.12. The molecule has 3 N–H and O–H groups in total. The summed E-state index contributed by atoms with van der Waals surface area (Å²) in [6, 6.07) is 0. The number of carbonyl (C=O) groups is 2. The van der Waals surface area contributed by atoms with Gasteiger partial charge < -0.3 is 15.8 Å². The second kappa shape index (κ2) is 5.83. The number of nitrogens with one attached hydrogen (secondary N) is 1. The lowest BCUT2D eigenvalue weighted by Crippen LogP contribution is -2.22. The molecule has 7 nitrogen and oxygen atoms in total. The number of ether oxygens (including phenoxy) is 1. The number of primary amides is 1. The fourth-order valence-electron chi connectivity index (χ4n) is 1.26. The average Bonchev–Trinajstić information content (AvgIpc) is 2.69. The van der Waals surface area contributed by atoms with Gasteiger partial charge in [0.05, 0.1) is 25.5 Å². The average molecular weight is 244 g/mol. The summed E-state index contributed by atoms with van der Waals surface area (Å²) in [5.41, 5.74) is 5.46. The Morgan fingerprint density at radius 2 is 2.35 bits per heavy atom. The van der Waals surface area contributed by atoms with Crippen LogP contribution in [0.1, 0.15) is 10.5 Å². The number of hydrogen-bond acceptors (Lipinski definition) is 5. The number of rotatable bonds is 6. The molecule has 0 atom stereocenters. The van der Waals surface area contributed by atoms with E-state index in [2.05, 4.69) is 15.2 Å². The molecule has 0 saturated carbocycles. The van der Waals surface area contributed by atoms with E-state index in [0.29, 0.717) is 0 Å². The Bertz CT molecular complexity index is 418. The molecule has 0 aliphatic rings. The van der Waals surface area contributed by atoms with Crippen LogP contribution in [0, 0.1) is 0 Å². The molecule has 0 aromatic carbocycles. The molecule has 1 heterocycles. The number of alkyl halides is 1. The number of methoxy groups -OCH3 is 1. The van der Waals surface area contributed by atoms with Crippen molar-refractivity contribution < 1.29 is 18.7 Å². The van der Waals surface area contributed by atoms with Crippen molar-refractivity contribution in [3.63, 3.8) is 0 Å². The van der Waals surface area contributed by atoms with Gasteiger partial charge in [0.15, 0.2) is 0 Å². The second-order valence-corrected chi connectivity index (χ2v) is 3.11. The molecule has 0 bridgehead atoms. The van der Waals surface area contributed by atoms with Gasteiger partial charge >= 0.3 is 5.97 Å². The Morgan fingerprint density at radius 1 is 1.65 bits per heavy atom. The molecule has 0 spiro atoms. The van der Waals surface area contributed by atoms with E-state index in [0.717, 1.165) is 4.68 Å². The molecule has 1 aromatic heterocycles. The van der Waals surface area contributed by atoms with Gasteiger partial charge in [-0.25, -0.2) is 4.39 Å². The Labute approximate surface area is 96.7 Å². The van der Waals surface area contributed by atoms with Crippen molar-refractivity contribution in [1.29, 1.82) is 0 Å². The maximum absolute atomic E-state index is 12.2. The van der Waals surface area contributed by atoms with E-state index in [9.17, 15) is 14.0 Å². The van der Waals surface area contributed by atoms with E-state index in [1.54, 1.807) is 0 Å². The second-order valence-electron chi connectivity index (χ2n) is 3.11. The zero-order chi connectivity index (χ0) is 12.8. The molecule has 1 amide bonds. The van der Waals surface area contributed by atoms with Gasteiger partial charge in [-0.3, -0.25) is 14.3 Å². The van der Waals surface area contributed by atoms with Crippen LogP contribution < -0.4 is 11.1 Å². The largest absolute Gasteiger partial charge is 0.468 e. The van der Waals surface area contributed by atoms with Gasteiger partial charge in [0.2, 0.25) is 0 Å². The highest BCUT2D eigenvalue weighted by atomic mass is 19.1. The summed E-state index contributed by atoms with van der Waals surface area (Å²) in [7, 11) is 1.24. The van der Waals surface area contributed by atoms with Crippen molar-refractivity contribution in [2.75, 3.05) is 25.6 Å². The SMILES string of the molecule is COC(=O)CNc1cnn(CCF)c1C(N)=O. The number of nitrogens with zero attached hydrogens (tertiary/aromatic N) is 2. The topological polar surface area (TPSA) is 99.2 Å². The number of amides is 1. The van der Waals surface area contributed by atoms with E-state index in [1.807, 2.05) is 0 Å². The zero-order valence-corrected chi connectivity index (χ0v) is 9.27. The Morgan fingerprint density at radius 3 is 2.88 bits per heavy atom. The van der Waals surface area contributed by atoms with E-state index in [-0.39, 0.29) is 24.5 Å². The van der Waals surface area contributed by atoms with Gasteiger partial charge in [-0.1, -0.05) is 0 Å². The first-order chi connectivity index (χ1) is 8.10. The monoisotopic (exact) mass is 244 g/mol. The van der Waals surface area contributed by atoms with Crippen molar-refractivity contribution in [2.24, 2.45) is 5.73 Å². The van der Waals surface area contributed by atoms with Gasteiger partial charge in [0, 0.05) is 0 Å². The smallest absolute Gasteiger partial charge is 0.325 e. The van der Waals surface area contributed by atoms with Crippen molar-refractivity contribution in [1.82, 2.24) is 9.78 Å². The molecule has 8 heteroatoms. The standard InChI is InChI=1S/C9H13FN4O3/c1-17-7(15)5-12-6-4-13-14(3-2-10)8(6)9(11)16/h4,12H,2-3,5H2,1H3,(H2,11,16). The molecule has 0 fully saturated rings. The summed E-state index contributed by atoms with van der Waals surface area (Å²) in [5.74, 6) is -1.25. The van der Waals surface area contributed by atoms with Crippen molar-refractivity contribution in [2.45, 2.75) is 6.54 Å². The first-order valence-corrected chi connectivity index (χ1v) is 4.82. The maximum atomic E-state index is 12.2. The van der Waals surface area contributed by atoms with Crippen LogP contribution in [0.3, 0.4) is 0 Å². The van der Waals surface area contributed by atoms with Crippen LogP contribution in [-0.2, 0) is 16.1 Å². The van der Waals surface area contributed by atoms with Crippen LogP contribution in [0.4, 0.5) is 10.1 Å². The minimum atomic E-state index is -0.747. The predicted octanol–water partition coefficient (Wildman–Crippen LogP) is -0.464. The lowest BCUT2D eigenvalue weighted by Gasteiger charge is -2.06. The number of anilines is 1. The van der Waals surface area contributed by atoms with E-state index in [4.69, 9.17) is 5.73 Å². The van der Waals surface area contributed by atoms with Crippen LogP contribution in [0.5, 0.6) is 0 Å². The number of nitrogens with two attached hydrogens (primary N) is 1. The quantitative estimate of drug-likeness (QED) is 0.659. The molecule has 0 unspecified atom stereocenters. The van der Waals surface area contributed by atoms with E-state index in [1.165, 1.54) is 13.3 Å². The molecule has 0 saturated heterocycles. The summed E-state index contributed by atoms with van der Waals surface area (Å²) in [4.78, 5) is 22.1. The molecule has 1 rings (SSSR count). The highest BCUT2D eigenvalue weighted by Gasteiger charge is 2.16. The van der Waals surface area contributed by atoms with Crippen LogP contribution in [-0.4, -0.2) is 42.0 Å². The number of halogens is 1. The first kappa shape index (κ1) is 12.9. The third kappa shape index (κ3) is 3.16. The number of carbonyl (C=O) groups excluding carboxylic acids is 2. The Balaban J connectivity index is 2.84. The van der Waals surface area contributed by atoms with Crippen LogP contribution in [0.2, 0.25) is 0 Å². The molecular formula is C9H13FN4O3. The molecule has 0 radical (unpaired) electrons. The fourth-order valence-corrected chi connectivity index (χ4v) is 1.26. The molecule has 17 heavy (non-hydrogen) atoms. The summed E-state index contributed by atoms with van der Waals surface area (Å²) < 4.78 is 17.8. The summed E-state index contributed by atoms with van der Waals surface area (Å²) in [6.45, 7) is -0.866. The third-order valence-electron chi connectivity index (χ3n) is 2.02. The van der Waals surface area contributed by atoms with E-state index < -0.39 is 18.6 Å². The Kier molecular flexibility index (Phi) is 4.44. The van der Waals surface area contributed by atoms with Gasteiger partial charge in [-0.05, 0) is 0 Å². The lowest BCUT2D eigenvalue weighted by atomic mass is 10.3. The number of esters is 1. The summed E-state index contributed by atoms with van der Waals surface area (Å²) in [5, 5.41) is 6.44. The number of aromatic nitrogens is 2. The summed E-state index contributed by atoms with van der Waals surface area (Å²) >= 11 is 0. The predicted molar refractivity (Wildman–Crippen MR) is 57.2 cm³/mol.